The topological polar surface area (TPSA) is 37.2 Å². The second-order valence-corrected chi connectivity index (χ2v) is 7.52. The summed E-state index contributed by atoms with van der Waals surface area (Å²) >= 11 is 0. The van der Waals surface area contributed by atoms with Gasteiger partial charge in [-0.15, -0.1) is 0 Å². The number of likely N-dealkylation sites (N-methyl/N-ethyl adjacent to an activating group) is 1. The summed E-state index contributed by atoms with van der Waals surface area (Å²) in [6.45, 7) is 3.45. The van der Waals surface area contributed by atoms with Crippen LogP contribution in [0.4, 0.5) is 18.9 Å². The van der Waals surface area contributed by atoms with Gasteiger partial charge in [0.1, 0.15) is 5.75 Å². The quantitative estimate of drug-likeness (QED) is 0.775. The van der Waals surface area contributed by atoms with Gasteiger partial charge in [-0.05, 0) is 24.3 Å². The van der Waals surface area contributed by atoms with Crippen LogP contribution in [0.2, 0.25) is 0 Å². The first kappa shape index (κ1) is 22.0. The highest BCUT2D eigenvalue weighted by atomic mass is 19.4. The highest BCUT2D eigenvalue weighted by molar-refractivity contribution is 5.76. The number of anilines is 1. The van der Waals surface area contributed by atoms with Gasteiger partial charge < -0.3 is 19.4 Å². The smallest absolute Gasteiger partial charge is 0.416 e. The molecule has 2 aromatic rings. The second kappa shape index (κ2) is 9.38. The molecule has 2 aromatic carbocycles. The molecule has 3 rings (SSSR count). The maximum atomic E-state index is 12.9. The van der Waals surface area contributed by atoms with Gasteiger partial charge in [0.05, 0.1) is 38.9 Å². The molecule has 162 valence electrons. The number of nitrogens with one attached hydrogen (secondary N) is 1. The number of carbonyl (C=O) groups excluding carboxylic acids is 1. The summed E-state index contributed by atoms with van der Waals surface area (Å²) in [6.07, 6.45) is -4.35. The average molecular weight is 422 g/mol. The van der Waals surface area contributed by atoms with Crippen LogP contribution in [0.1, 0.15) is 11.1 Å². The minimum atomic E-state index is -4.35. The monoisotopic (exact) mass is 422 g/mol. The lowest BCUT2D eigenvalue weighted by atomic mass is 10.1. The Hall–Kier alpha value is -2.74. The number of hydrogen-bond acceptors (Lipinski definition) is 3. The van der Waals surface area contributed by atoms with E-state index in [1.165, 1.54) is 12.1 Å². The van der Waals surface area contributed by atoms with Crippen LogP contribution >= 0.6 is 0 Å². The number of piperazine rings is 1. The number of quaternary nitrogens is 1. The summed E-state index contributed by atoms with van der Waals surface area (Å²) in [7, 11) is 3.38. The maximum Gasteiger partial charge on any atom is 0.416 e. The second-order valence-electron chi connectivity index (χ2n) is 7.52. The Morgan fingerprint density at radius 3 is 2.50 bits per heavy atom. The van der Waals surface area contributed by atoms with Crippen molar-refractivity contribution in [1.29, 1.82) is 0 Å². The Kier molecular flexibility index (Phi) is 6.87. The van der Waals surface area contributed by atoms with Crippen LogP contribution in [0.3, 0.4) is 0 Å². The van der Waals surface area contributed by atoms with Crippen molar-refractivity contribution in [3.8, 4) is 5.75 Å². The number of nitrogens with zero attached hydrogens (tertiary/aromatic N) is 2. The number of methoxy groups -OCH3 is 1. The number of carbonyl (C=O) groups is 1. The summed E-state index contributed by atoms with van der Waals surface area (Å²) in [5.41, 5.74) is 0.881. The molecule has 1 saturated heterocycles. The highest BCUT2D eigenvalue weighted by Crippen LogP contribution is 2.31. The van der Waals surface area contributed by atoms with Crippen LogP contribution in [0.15, 0.2) is 48.5 Å². The number of ether oxygens (including phenoxy) is 1. The minimum absolute atomic E-state index is 0.0309. The van der Waals surface area contributed by atoms with E-state index in [-0.39, 0.29) is 5.91 Å². The molecule has 8 heteroatoms. The third-order valence-electron chi connectivity index (χ3n) is 5.44. The summed E-state index contributed by atoms with van der Waals surface area (Å²) in [6, 6.07) is 13.0. The van der Waals surface area contributed by atoms with Gasteiger partial charge in [0.2, 0.25) is 0 Å². The fourth-order valence-electron chi connectivity index (χ4n) is 3.66. The fraction of sp³-hybridized carbons (Fsp3) is 0.409. The van der Waals surface area contributed by atoms with Crippen LogP contribution in [-0.2, 0) is 17.5 Å². The van der Waals surface area contributed by atoms with Crippen molar-refractivity contribution in [2.45, 2.75) is 12.7 Å². The Labute approximate surface area is 174 Å². The first-order valence-corrected chi connectivity index (χ1v) is 9.89. The third kappa shape index (κ3) is 5.44. The molecule has 0 spiro atoms. The van der Waals surface area contributed by atoms with Crippen molar-refractivity contribution in [1.82, 2.24) is 4.90 Å². The molecule has 30 heavy (non-hydrogen) atoms. The van der Waals surface area contributed by atoms with Crippen LogP contribution in [0, 0.1) is 0 Å². The zero-order valence-corrected chi connectivity index (χ0v) is 17.2. The summed E-state index contributed by atoms with van der Waals surface area (Å²) in [4.78, 5) is 17.4. The van der Waals surface area contributed by atoms with Gasteiger partial charge in [0.25, 0.3) is 5.91 Å². The van der Waals surface area contributed by atoms with E-state index in [2.05, 4.69) is 0 Å². The number of alkyl halides is 3. The van der Waals surface area contributed by atoms with Gasteiger partial charge in [0.15, 0.2) is 6.54 Å². The van der Waals surface area contributed by atoms with Gasteiger partial charge in [0, 0.05) is 24.8 Å². The van der Waals surface area contributed by atoms with E-state index in [1.54, 1.807) is 25.1 Å². The van der Waals surface area contributed by atoms with Gasteiger partial charge >= 0.3 is 6.18 Å². The summed E-state index contributed by atoms with van der Waals surface area (Å²) in [5.74, 6) is 0.780. The van der Waals surface area contributed by atoms with Crippen molar-refractivity contribution in [3.05, 3.63) is 59.7 Å². The molecule has 1 fully saturated rings. The predicted octanol–water partition coefficient (Wildman–Crippen LogP) is 2.08. The Morgan fingerprint density at radius 1 is 1.13 bits per heavy atom. The molecular formula is C22H27F3N3O2+. The van der Waals surface area contributed by atoms with Crippen molar-refractivity contribution >= 4 is 11.6 Å². The molecule has 0 aliphatic carbocycles. The van der Waals surface area contributed by atoms with Crippen LogP contribution in [0.5, 0.6) is 5.75 Å². The molecule has 0 radical (unpaired) electrons. The normalized spacial score (nSPS) is 15.2. The Morgan fingerprint density at radius 2 is 1.83 bits per heavy atom. The molecule has 0 bridgehead atoms. The number of benzene rings is 2. The number of halogens is 3. The molecule has 1 N–H and O–H groups in total. The Bertz CT molecular complexity index is 865. The first-order chi connectivity index (χ1) is 14.3. The van der Waals surface area contributed by atoms with Gasteiger partial charge in [-0.25, -0.2) is 0 Å². The molecule has 0 aromatic heterocycles. The van der Waals surface area contributed by atoms with Crippen molar-refractivity contribution in [2.75, 3.05) is 51.8 Å². The SMILES string of the molecule is COc1ccccc1CN(C)C(=O)C[NH+]1CCN(c2cccc(C(F)(F)F)c2)CC1. The number of para-hydroxylation sites is 1. The standard InChI is InChI=1S/C22H26F3N3O2/c1-26(15-17-6-3-4-9-20(17)30-2)21(29)16-27-10-12-28(13-11-27)19-8-5-7-18(14-19)22(23,24)25/h3-9,14H,10-13,15-16H2,1-2H3/p+1. The van der Waals surface area contributed by atoms with E-state index in [9.17, 15) is 18.0 Å². The molecule has 0 saturated carbocycles. The lowest BCUT2D eigenvalue weighted by Gasteiger charge is -2.34. The van der Waals surface area contributed by atoms with Crippen molar-refractivity contribution in [3.63, 3.8) is 0 Å². The van der Waals surface area contributed by atoms with Gasteiger partial charge in [-0.1, -0.05) is 24.3 Å². The maximum absolute atomic E-state index is 12.9. The zero-order chi connectivity index (χ0) is 21.7. The lowest BCUT2D eigenvalue weighted by Crippen LogP contribution is -3.15. The number of rotatable bonds is 6. The van der Waals surface area contributed by atoms with Crippen molar-refractivity contribution in [2.24, 2.45) is 0 Å². The highest BCUT2D eigenvalue weighted by Gasteiger charge is 2.31. The minimum Gasteiger partial charge on any atom is -0.496 e. The summed E-state index contributed by atoms with van der Waals surface area (Å²) < 4.78 is 44.2. The Balaban J connectivity index is 1.52. The summed E-state index contributed by atoms with van der Waals surface area (Å²) in [5, 5.41) is 0. The van der Waals surface area contributed by atoms with Crippen LogP contribution in [0.25, 0.3) is 0 Å². The zero-order valence-electron chi connectivity index (χ0n) is 17.2. The third-order valence-corrected chi connectivity index (χ3v) is 5.44. The molecule has 1 aliphatic rings. The largest absolute Gasteiger partial charge is 0.496 e. The molecule has 1 heterocycles. The molecule has 1 aliphatic heterocycles. The fourth-order valence-corrected chi connectivity index (χ4v) is 3.66. The van der Waals surface area contributed by atoms with E-state index < -0.39 is 11.7 Å². The lowest BCUT2D eigenvalue weighted by molar-refractivity contribution is -0.892. The first-order valence-electron chi connectivity index (χ1n) is 9.89. The number of amides is 1. The van der Waals surface area contributed by atoms with Gasteiger partial charge in [-0.3, -0.25) is 4.79 Å². The molecular weight excluding hydrogens is 395 g/mol. The predicted molar refractivity (Wildman–Crippen MR) is 109 cm³/mol. The van der Waals surface area contributed by atoms with Crippen LogP contribution in [-0.4, -0.2) is 57.7 Å². The van der Waals surface area contributed by atoms with E-state index in [4.69, 9.17) is 4.74 Å². The average Bonchev–Trinajstić information content (AvgIpc) is 2.74. The van der Waals surface area contributed by atoms with E-state index in [0.29, 0.717) is 45.0 Å². The van der Waals surface area contributed by atoms with Gasteiger partial charge in [-0.2, -0.15) is 13.2 Å². The van der Waals surface area contributed by atoms with E-state index in [1.807, 2.05) is 29.2 Å². The van der Waals surface area contributed by atoms with Crippen LogP contribution < -0.4 is 14.5 Å². The molecule has 5 nitrogen and oxygen atoms in total. The molecule has 1 amide bonds. The van der Waals surface area contributed by atoms with E-state index >= 15 is 0 Å². The van der Waals surface area contributed by atoms with E-state index in [0.717, 1.165) is 22.3 Å². The number of hydrogen-bond donors (Lipinski definition) is 1. The molecule has 0 unspecified atom stereocenters. The molecule has 0 atom stereocenters. The van der Waals surface area contributed by atoms with Crippen molar-refractivity contribution < 1.29 is 27.6 Å².